The highest BCUT2D eigenvalue weighted by atomic mass is 15.1. The van der Waals surface area contributed by atoms with Crippen LogP contribution >= 0.6 is 0 Å². The van der Waals surface area contributed by atoms with Gasteiger partial charge in [-0.05, 0) is 136 Å². The number of aromatic nitrogens is 7. The standard InChI is InChI=1S/C95H58N8/c96-57-79-92(100-80-36-18-13-31-68(80)75-53-64(41-45-85(75)100)60-23-5-1-6-24-60)94(102-82-38-20-15-33-70(82)77-55-66(43-47-87(77)102)62-27-9-3-10-28-62)91(74-35-17-22-40-84(74)99-89-58-97-51-49-72(89)73-50-52-98-59-90(73)99)95(103-83-39-21-16-34-71(83)78-56-67(44-48-88(78)103)63-29-11-4-12-30-63)93(79)101-81-37-19-14-32-69(81)76-54-65(42-46-86(76)101)61-25-7-2-8-26-61/h1-56,58-59H. The summed E-state index contributed by atoms with van der Waals surface area (Å²) in [4.78, 5) is 9.80. The van der Waals surface area contributed by atoms with Gasteiger partial charge in [0.1, 0.15) is 11.6 Å². The molecule has 0 atom stereocenters. The van der Waals surface area contributed by atoms with Crippen molar-refractivity contribution in [2.24, 2.45) is 0 Å². The Balaban J connectivity index is 1.06. The smallest absolute Gasteiger partial charge is 0.104 e. The first-order valence-electron chi connectivity index (χ1n) is 34.9. The van der Waals surface area contributed by atoms with Crippen LogP contribution in [0, 0.1) is 11.3 Å². The van der Waals surface area contributed by atoms with Crippen LogP contribution in [0.5, 0.6) is 0 Å². The summed E-state index contributed by atoms with van der Waals surface area (Å²) in [6, 6.07) is 122. The van der Waals surface area contributed by atoms with E-state index in [0.717, 1.165) is 182 Å². The minimum Gasteiger partial charge on any atom is -0.306 e. The minimum atomic E-state index is 0.472. The van der Waals surface area contributed by atoms with E-state index in [1.807, 2.05) is 24.8 Å². The summed E-state index contributed by atoms with van der Waals surface area (Å²) in [6.45, 7) is 0. The Kier molecular flexibility index (Phi) is 12.9. The SMILES string of the molecule is N#Cc1c(-n2c3ccccc3c3cc(-c4ccccc4)ccc32)c(-n2c3ccccc3c3cc(-c4ccccc4)ccc32)c(-c2ccccc2-n2c3cnccc3c3ccncc32)c(-n2c3ccccc3c3cc(-c4ccccc4)ccc32)c1-n1c2ccccc2c2cc(-c3ccccc3)ccc21. The third-order valence-corrected chi connectivity index (χ3v) is 21.3. The molecule has 8 nitrogen and oxygen atoms in total. The lowest BCUT2D eigenvalue weighted by Crippen LogP contribution is -2.17. The van der Waals surface area contributed by atoms with E-state index in [-0.39, 0.29) is 0 Å². The van der Waals surface area contributed by atoms with Gasteiger partial charge in [0.05, 0.1) is 96.0 Å². The van der Waals surface area contributed by atoms with Crippen LogP contribution in [-0.2, 0) is 0 Å². The molecule has 0 saturated heterocycles. The van der Waals surface area contributed by atoms with Gasteiger partial charge < -0.3 is 22.8 Å². The summed E-state index contributed by atoms with van der Waals surface area (Å²) in [5.74, 6) is 0. The Bertz CT molecular complexity index is 6710. The zero-order chi connectivity index (χ0) is 67.8. The maximum atomic E-state index is 13.7. The van der Waals surface area contributed by atoms with Crippen molar-refractivity contribution in [3.05, 3.63) is 358 Å². The van der Waals surface area contributed by atoms with Crippen molar-refractivity contribution in [2.75, 3.05) is 0 Å². The van der Waals surface area contributed by atoms with E-state index in [9.17, 15) is 5.26 Å². The van der Waals surface area contributed by atoms with E-state index in [1.54, 1.807) is 0 Å². The molecule has 0 radical (unpaired) electrons. The lowest BCUT2D eigenvalue weighted by atomic mass is 9.92. The van der Waals surface area contributed by atoms with E-state index in [1.165, 1.54) is 0 Å². The number of para-hydroxylation sites is 5. The fourth-order valence-corrected chi connectivity index (χ4v) is 16.9. The van der Waals surface area contributed by atoms with Gasteiger partial charge in [0.25, 0.3) is 0 Å². The molecule has 0 bridgehead atoms. The van der Waals surface area contributed by atoms with Gasteiger partial charge in [-0.2, -0.15) is 5.26 Å². The fraction of sp³-hybridized carbons (Fsp3) is 0. The first-order valence-corrected chi connectivity index (χ1v) is 34.9. The molecule has 14 aromatic carbocycles. The van der Waals surface area contributed by atoms with Crippen LogP contribution in [0.15, 0.2) is 352 Å². The summed E-state index contributed by atoms with van der Waals surface area (Å²) >= 11 is 0. The Morgan fingerprint density at radius 1 is 0.223 bits per heavy atom. The van der Waals surface area contributed by atoms with Crippen LogP contribution in [0.1, 0.15) is 5.56 Å². The van der Waals surface area contributed by atoms with Crippen LogP contribution in [-0.4, -0.2) is 32.8 Å². The summed E-state index contributed by atoms with van der Waals surface area (Å²) in [5.41, 5.74) is 24.6. The van der Waals surface area contributed by atoms with E-state index in [0.29, 0.717) is 16.9 Å². The molecule has 7 heterocycles. The average Bonchev–Trinajstić information content (AvgIpc) is 1.61. The van der Waals surface area contributed by atoms with Gasteiger partial charge in [0, 0.05) is 77.4 Å². The quantitative estimate of drug-likeness (QED) is 0.137. The molecule has 21 aromatic rings. The van der Waals surface area contributed by atoms with Crippen molar-refractivity contribution >= 4 is 109 Å². The molecule has 0 N–H and O–H groups in total. The number of pyridine rings is 2. The highest BCUT2D eigenvalue weighted by molar-refractivity contribution is 6.19. The topological polar surface area (TPSA) is 74.2 Å². The molecule has 478 valence electrons. The number of hydrogen-bond acceptors (Lipinski definition) is 3. The molecule has 0 unspecified atom stereocenters. The van der Waals surface area contributed by atoms with Crippen LogP contribution in [0.25, 0.3) is 193 Å². The van der Waals surface area contributed by atoms with Gasteiger partial charge >= 0.3 is 0 Å². The second kappa shape index (κ2) is 23.0. The average molecular weight is 1310 g/mol. The molecular formula is C95H58N8. The number of benzene rings is 14. The van der Waals surface area contributed by atoms with Gasteiger partial charge in [-0.25, -0.2) is 0 Å². The Morgan fingerprint density at radius 3 is 0.845 bits per heavy atom. The third-order valence-electron chi connectivity index (χ3n) is 21.3. The molecule has 103 heavy (non-hydrogen) atoms. The molecule has 0 aliphatic heterocycles. The molecule has 0 amide bonds. The summed E-state index contributed by atoms with van der Waals surface area (Å²) in [5, 5.41) is 24.3. The van der Waals surface area contributed by atoms with Crippen LogP contribution in [0.2, 0.25) is 0 Å². The third kappa shape index (κ3) is 8.70. The Morgan fingerprint density at radius 2 is 0.505 bits per heavy atom. The molecule has 0 aliphatic rings. The van der Waals surface area contributed by atoms with E-state index >= 15 is 0 Å². The minimum absolute atomic E-state index is 0.472. The number of rotatable bonds is 10. The van der Waals surface area contributed by atoms with Crippen molar-refractivity contribution in [2.45, 2.75) is 0 Å². The summed E-state index contributed by atoms with van der Waals surface area (Å²) < 4.78 is 12.2. The molecular weight excluding hydrogens is 1250 g/mol. The lowest BCUT2D eigenvalue weighted by molar-refractivity contribution is 1.03. The first kappa shape index (κ1) is 57.9. The van der Waals surface area contributed by atoms with Gasteiger partial charge in [0.15, 0.2) is 0 Å². The Hall–Kier alpha value is -14.1. The highest BCUT2D eigenvalue weighted by Crippen LogP contribution is 2.54. The van der Waals surface area contributed by atoms with Crippen LogP contribution in [0.4, 0.5) is 0 Å². The molecule has 21 rings (SSSR count). The number of nitrogens with zero attached hydrogens (tertiary/aromatic N) is 8. The second-order valence-electron chi connectivity index (χ2n) is 26.7. The zero-order valence-electron chi connectivity index (χ0n) is 55.6. The van der Waals surface area contributed by atoms with E-state index in [2.05, 4.69) is 356 Å². The predicted octanol–water partition coefficient (Wildman–Crippen LogP) is 24.2. The molecule has 8 heteroatoms. The number of nitriles is 1. The van der Waals surface area contributed by atoms with Crippen molar-refractivity contribution in [1.82, 2.24) is 32.8 Å². The van der Waals surface area contributed by atoms with E-state index < -0.39 is 0 Å². The van der Waals surface area contributed by atoms with Crippen LogP contribution < -0.4 is 0 Å². The molecule has 0 saturated carbocycles. The maximum Gasteiger partial charge on any atom is 0.104 e. The summed E-state index contributed by atoms with van der Waals surface area (Å²) in [6.07, 6.45) is 7.74. The van der Waals surface area contributed by atoms with Crippen molar-refractivity contribution < 1.29 is 0 Å². The maximum absolute atomic E-state index is 13.7. The fourth-order valence-electron chi connectivity index (χ4n) is 16.9. The Labute approximate surface area is 591 Å². The molecule has 7 aromatic heterocycles. The van der Waals surface area contributed by atoms with Gasteiger partial charge in [0.2, 0.25) is 0 Å². The molecule has 0 spiro atoms. The van der Waals surface area contributed by atoms with Crippen molar-refractivity contribution in [1.29, 1.82) is 5.26 Å². The largest absolute Gasteiger partial charge is 0.306 e. The van der Waals surface area contributed by atoms with E-state index in [4.69, 9.17) is 9.97 Å². The first-order chi connectivity index (χ1) is 51.1. The van der Waals surface area contributed by atoms with Gasteiger partial charge in [-0.1, -0.05) is 237 Å². The monoisotopic (exact) mass is 1310 g/mol. The van der Waals surface area contributed by atoms with Crippen LogP contribution in [0.3, 0.4) is 0 Å². The molecule has 0 aliphatic carbocycles. The number of fused-ring (bicyclic) bond motifs is 15. The predicted molar refractivity (Wildman–Crippen MR) is 426 cm³/mol. The summed E-state index contributed by atoms with van der Waals surface area (Å²) in [7, 11) is 0. The van der Waals surface area contributed by atoms with Crippen molar-refractivity contribution in [3.63, 3.8) is 0 Å². The zero-order valence-corrected chi connectivity index (χ0v) is 55.6. The molecule has 0 fully saturated rings. The lowest BCUT2D eigenvalue weighted by Gasteiger charge is -2.30. The number of hydrogen-bond donors (Lipinski definition) is 0. The van der Waals surface area contributed by atoms with Gasteiger partial charge in [-0.3, -0.25) is 9.97 Å². The van der Waals surface area contributed by atoms with Gasteiger partial charge in [-0.15, -0.1) is 0 Å². The normalized spacial score (nSPS) is 11.9. The second-order valence-corrected chi connectivity index (χ2v) is 26.7. The highest BCUT2D eigenvalue weighted by Gasteiger charge is 2.37. The van der Waals surface area contributed by atoms with Crippen molar-refractivity contribution in [3.8, 4) is 90.1 Å².